The van der Waals surface area contributed by atoms with Crippen molar-refractivity contribution in [3.63, 3.8) is 0 Å². The summed E-state index contributed by atoms with van der Waals surface area (Å²) in [5, 5.41) is 2.50. The van der Waals surface area contributed by atoms with Gasteiger partial charge in [-0.1, -0.05) is 30.3 Å². The summed E-state index contributed by atoms with van der Waals surface area (Å²) in [7, 11) is 0. The van der Waals surface area contributed by atoms with Gasteiger partial charge < -0.3 is 14.8 Å². The van der Waals surface area contributed by atoms with Crippen LogP contribution in [0.1, 0.15) is 11.6 Å². The Morgan fingerprint density at radius 1 is 0.952 bits per heavy atom. The third-order valence-electron chi connectivity index (χ3n) is 3.14. The molecule has 0 amide bonds. The van der Waals surface area contributed by atoms with Gasteiger partial charge in [0.25, 0.3) is 0 Å². The van der Waals surface area contributed by atoms with E-state index in [-0.39, 0.29) is 12.4 Å². The van der Waals surface area contributed by atoms with Crippen LogP contribution in [0.4, 0.5) is 18.9 Å². The van der Waals surface area contributed by atoms with Crippen LogP contribution in [-0.4, -0.2) is 13.0 Å². The summed E-state index contributed by atoms with van der Waals surface area (Å²) in [5.74, 6) is 0.970. The molecule has 6 heteroatoms. The van der Waals surface area contributed by atoms with Gasteiger partial charge in [-0.05, 0) is 17.7 Å². The summed E-state index contributed by atoms with van der Waals surface area (Å²) in [6.45, 7) is 0.0835. The first kappa shape index (κ1) is 13.6. The molecule has 3 nitrogen and oxygen atoms in total. The van der Waals surface area contributed by atoms with Crippen LogP contribution in [0.3, 0.4) is 0 Å². The van der Waals surface area contributed by atoms with Crippen LogP contribution < -0.4 is 14.8 Å². The number of rotatable bonds is 3. The summed E-state index contributed by atoms with van der Waals surface area (Å²) in [5.41, 5.74) is 0.480. The summed E-state index contributed by atoms with van der Waals surface area (Å²) >= 11 is 0. The van der Waals surface area contributed by atoms with Gasteiger partial charge in [0.15, 0.2) is 11.5 Å². The molecular formula is C15H12F3NO2. The van der Waals surface area contributed by atoms with Crippen LogP contribution in [0.5, 0.6) is 11.5 Å². The van der Waals surface area contributed by atoms with Crippen molar-refractivity contribution in [1.29, 1.82) is 0 Å². The standard InChI is InChI=1S/C15H12F3NO2/c16-15(17,18)14(10-4-2-1-3-5-10)19-11-6-7-12-13(8-11)21-9-20-12/h1-8,14,19H,9H2. The molecular weight excluding hydrogens is 283 g/mol. The Labute approximate surface area is 119 Å². The molecule has 0 aromatic heterocycles. The van der Waals surface area contributed by atoms with Crippen LogP contribution in [-0.2, 0) is 0 Å². The average Bonchev–Trinajstić information content (AvgIpc) is 2.92. The number of ether oxygens (including phenoxy) is 2. The SMILES string of the molecule is FC(F)(F)C(Nc1ccc2c(c1)OCO2)c1ccccc1. The highest BCUT2D eigenvalue weighted by atomic mass is 19.4. The van der Waals surface area contributed by atoms with Gasteiger partial charge in [0.2, 0.25) is 6.79 Å². The minimum Gasteiger partial charge on any atom is -0.454 e. The summed E-state index contributed by atoms with van der Waals surface area (Å²) in [6.07, 6.45) is -4.41. The summed E-state index contributed by atoms with van der Waals surface area (Å²) in [4.78, 5) is 0. The number of anilines is 1. The number of alkyl halides is 3. The zero-order chi connectivity index (χ0) is 14.9. The first-order chi connectivity index (χ1) is 10.0. The Kier molecular flexibility index (Phi) is 3.37. The molecule has 1 N–H and O–H groups in total. The van der Waals surface area contributed by atoms with Crippen LogP contribution in [0.25, 0.3) is 0 Å². The predicted molar refractivity (Wildman–Crippen MR) is 71.4 cm³/mol. The lowest BCUT2D eigenvalue weighted by Gasteiger charge is -2.23. The number of nitrogens with one attached hydrogen (secondary N) is 1. The third kappa shape index (κ3) is 2.89. The van der Waals surface area contributed by atoms with E-state index >= 15 is 0 Å². The second-order valence-electron chi connectivity index (χ2n) is 4.60. The van der Waals surface area contributed by atoms with E-state index in [0.29, 0.717) is 17.2 Å². The van der Waals surface area contributed by atoms with E-state index < -0.39 is 12.2 Å². The highest BCUT2D eigenvalue weighted by Crippen LogP contribution is 2.39. The van der Waals surface area contributed by atoms with E-state index in [4.69, 9.17) is 9.47 Å². The molecule has 0 bridgehead atoms. The fraction of sp³-hybridized carbons (Fsp3) is 0.200. The highest BCUT2D eigenvalue weighted by Gasteiger charge is 2.40. The Hall–Kier alpha value is -2.37. The lowest BCUT2D eigenvalue weighted by molar-refractivity contribution is -0.144. The maximum Gasteiger partial charge on any atom is 0.412 e. The monoisotopic (exact) mass is 295 g/mol. The Balaban J connectivity index is 1.89. The number of benzene rings is 2. The van der Waals surface area contributed by atoms with E-state index in [1.165, 1.54) is 24.3 Å². The third-order valence-corrected chi connectivity index (χ3v) is 3.14. The van der Waals surface area contributed by atoms with Gasteiger partial charge >= 0.3 is 6.18 Å². The normalized spacial score (nSPS) is 14.8. The molecule has 0 saturated heterocycles. The van der Waals surface area contributed by atoms with Crippen LogP contribution in [0.15, 0.2) is 48.5 Å². The van der Waals surface area contributed by atoms with Gasteiger partial charge in [-0.15, -0.1) is 0 Å². The zero-order valence-electron chi connectivity index (χ0n) is 10.9. The van der Waals surface area contributed by atoms with Crippen LogP contribution in [0, 0.1) is 0 Å². The van der Waals surface area contributed by atoms with Crippen molar-refractivity contribution in [1.82, 2.24) is 0 Å². The summed E-state index contributed by atoms with van der Waals surface area (Å²) < 4.78 is 50.0. The minimum absolute atomic E-state index is 0.0835. The van der Waals surface area contributed by atoms with Crippen molar-refractivity contribution in [2.75, 3.05) is 12.1 Å². The van der Waals surface area contributed by atoms with Crippen molar-refractivity contribution in [3.05, 3.63) is 54.1 Å². The van der Waals surface area contributed by atoms with Gasteiger partial charge in [-0.3, -0.25) is 0 Å². The Morgan fingerprint density at radius 3 is 2.38 bits per heavy atom. The zero-order valence-corrected chi connectivity index (χ0v) is 10.9. The molecule has 1 unspecified atom stereocenters. The number of fused-ring (bicyclic) bond motifs is 1. The maximum absolute atomic E-state index is 13.2. The molecule has 2 aromatic carbocycles. The van der Waals surface area contributed by atoms with Crippen LogP contribution in [0.2, 0.25) is 0 Å². The molecule has 0 aliphatic carbocycles. The first-order valence-electron chi connectivity index (χ1n) is 6.32. The molecule has 0 spiro atoms. The van der Waals surface area contributed by atoms with Crippen molar-refractivity contribution in [3.8, 4) is 11.5 Å². The molecule has 2 aromatic rings. The van der Waals surface area contributed by atoms with Gasteiger partial charge in [0.05, 0.1) is 0 Å². The number of halogens is 3. The fourth-order valence-corrected chi connectivity index (χ4v) is 2.15. The van der Waals surface area contributed by atoms with E-state index in [1.54, 1.807) is 24.3 Å². The van der Waals surface area contributed by atoms with Gasteiger partial charge in [0.1, 0.15) is 6.04 Å². The molecule has 3 rings (SSSR count). The van der Waals surface area contributed by atoms with Crippen molar-refractivity contribution in [2.24, 2.45) is 0 Å². The molecule has 0 fully saturated rings. The maximum atomic E-state index is 13.2. The number of hydrogen-bond acceptors (Lipinski definition) is 3. The fourth-order valence-electron chi connectivity index (χ4n) is 2.15. The van der Waals surface area contributed by atoms with Crippen molar-refractivity contribution < 1.29 is 22.6 Å². The first-order valence-corrected chi connectivity index (χ1v) is 6.32. The second-order valence-corrected chi connectivity index (χ2v) is 4.60. The average molecular weight is 295 g/mol. The van der Waals surface area contributed by atoms with Gasteiger partial charge in [0, 0.05) is 11.8 Å². The molecule has 21 heavy (non-hydrogen) atoms. The van der Waals surface area contributed by atoms with E-state index in [1.807, 2.05) is 0 Å². The molecule has 1 aliphatic rings. The lowest BCUT2D eigenvalue weighted by atomic mass is 10.1. The molecule has 1 aliphatic heterocycles. The molecule has 0 saturated carbocycles. The quantitative estimate of drug-likeness (QED) is 0.923. The smallest absolute Gasteiger partial charge is 0.412 e. The predicted octanol–water partition coefficient (Wildman–Crippen LogP) is 4.13. The van der Waals surface area contributed by atoms with Crippen LogP contribution >= 0.6 is 0 Å². The Morgan fingerprint density at radius 2 is 1.67 bits per heavy atom. The summed E-state index contributed by atoms with van der Waals surface area (Å²) in [6, 6.07) is 10.6. The highest BCUT2D eigenvalue weighted by molar-refractivity contribution is 5.56. The minimum atomic E-state index is -4.41. The number of hydrogen-bond donors (Lipinski definition) is 1. The van der Waals surface area contributed by atoms with E-state index in [0.717, 1.165) is 0 Å². The van der Waals surface area contributed by atoms with Gasteiger partial charge in [-0.2, -0.15) is 13.2 Å². The molecule has 110 valence electrons. The van der Waals surface area contributed by atoms with E-state index in [2.05, 4.69) is 5.32 Å². The Bertz CT molecular complexity index is 629. The largest absolute Gasteiger partial charge is 0.454 e. The lowest BCUT2D eigenvalue weighted by Crippen LogP contribution is -2.27. The van der Waals surface area contributed by atoms with Crippen molar-refractivity contribution >= 4 is 5.69 Å². The molecule has 1 heterocycles. The molecule has 1 atom stereocenters. The topological polar surface area (TPSA) is 30.5 Å². The molecule has 0 radical (unpaired) electrons. The van der Waals surface area contributed by atoms with Crippen molar-refractivity contribution in [2.45, 2.75) is 12.2 Å². The van der Waals surface area contributed by atoms with E-state index in [9.17, 15) is 13.2 Å². The second kappa shape index (κ2) is 5.20. The van der Waals surface area contributed by atoms with Gasteiger partial charge in [-0.25, -0.2) is 0 Å².